The summed E-state index contributed by atoms with van der Waals surface area (Å²) in [5.74, 6) is -0.125. The van der Waals surface area contributed by atoms with E-state index in [9.17, 15) is 4.79 Å². The number of carbonyl (C=O) groups excluding carboxylic acids is 1. The van der Waals surface area contributed by atoms with E-state index in [0.29, 0.717) is 6.61 Å². The number of esters is 1. The van der Waals surface area contributed by atoms with Gasteiger partial charge in [-0.05, 0) is 46.5 Å². The van der Waals surface area contributed by atoms with Gasteiger partial charge in [0.2, 0.25) is 0 Å². The van der Waals surface area contributed by atoms with Crippen molar-refractivity contribution in [2.75, 3.05) is 13.2 Å². The van der Waals surface area contributed by atoms with Crippen molar-refractivity contribution in [3.05, 3.63) is 0 Å². The van der Waals surface area contributed by atoms with Crippen molar-refractivity contribution >= 4 is 23.1 Å². The van der Waals surface area contributed by atoms with Crippen LogP contribution in [0.1, 0.15) is 27.2 Å². The maximum absolute atomic E-state index is 11.4. The molecule has 6 nitrogen and oxygen atoms in total. The van der Waals surface area contributed by atoms with Crippen molar-refractivity contribution in [2.24, 2.45) is 5.41 Å². The van der Waals surface area contributed by atoms with Crippen LogP contribution in [0.2, 0.25) is 26.2 Å². The van der Waals surface area contributed by atoms with Gasteiger partial charge in [-0.25, -0.2) is 0 Å². The monoisotopic (exact) mass is 338 g/mol. The summed E-state index contributed by atoms with van der Waals surface area (Å²) < 4.78 is 15.0. The normalized spacial score (nSPS) is 18.6. The zero-order valence-corrected chi connectivity index (χ0v) is 16.2. The largest absolute Gasteiger partial charge is 0.462 e. The van der Waals surface area contributed by atoms with Crippen LogP contribution in [0, 0.1) is 5.41 Å². The van der Waals surface area contributed by atoms with E-state index in [1.54, 1.807) is 26.2 Å². The van der Waals surface area contributed by atoms with Crippen LogP contribution < -0.4 is 0 Å². The molecule has 2 N–H and O–H groups in total. The van der Waals surface area contributed by atoms with Gasteiger partial charge < -0.3 is 23.2 Å². The number of carbonyl (C=O) groups is 1. The first kappa shape index (κ1) is 20.7. The SMILES string of the molecule is CCC(C)(C)C(=O)OCC1CO1.C[Si](C)(O)O[Si](C)(C)O. The Labute approximate surface area is 129 Å². The van der Waals surface area contributed by atoms with Gasteiger partial charge >= 0.3 is 23.1 Å². The summed E-state index contributed by atoms with van der Waals surface area (Å²) in [6.07, 6.45) is 0.971. The van der Waals surface area contributed by atoms with Crippen LogP contribution in [0.15, 0.2) is 0 Å². The van der Waals surface area contributed by atoms with Gasteiger partial charge in [-0.2, -0.15) is 0 Å². The molecular formula is C13H30O6Si2. The molecule has 0 saturated carbocycles. The summed E-state index contributed by atoms with van der Waals surface area (Å²) in [5.41, 5.74) is -0.352. The highest BCUT2D eigenvalue weighted by Crippen LogP contribution is 2.22. The highest BCUT2D eigenvalue weighted by Gasteiger charge is 2.31. The Morgan fingerprint density at radius 1 is 1.24 bits per heavy atom. The van der Waals surface area contributed by atoms with Crippen LogP contribution >= 0.6 is 0 Å². The molecule has 1 heterocycles. The van der Waals surface area contributed by atoms with Gasteiger partial charge in [0.15, 0.2) is 0 Å². The molecule has 1 fully saturated rings. The van der Waals surface area contributed by atoms with Gasteiger partial charge in [-0.15, -0.1) is 0 Å². The molecule has 0 bridgehead atoms. The minimum Gasteiger partial charge on any atom is -0.462 e. The van der Waals surface area contributed by atoms with Gasteiger partial charge in [0.1, 0.15) is 12.7 Å². The summed E-state index contributed by atoms with van der Waals surface area (Å²) >= 11 is 0. The molecule has 0 aromatic rings. The van der Waals surface area contributed by atoms with E-state index in [1.165, 1.54) is 0 Å². The summed E-state index contributed by atoms with van der Waals surface area (Å²) in [6.45, 7) is 13.5. The Kier molecular flexibility index (Phi) is 7.74. The second-order valence-corrected chi connectivity index (χ2v) is 13.4. The maximum Gasteiger partial charge on any atom is 0.320 e. The number of hydrogen-bond donors (Lipinski definition) is 2. The fourth-order valence-corrected chi connectivity index (χ4v) is 6.17. The molecule has 1 saturated heterocycles. The van der Waals surface area contributed by atoms with Gasteiger partial charge in [0.25, 0.3) is 0 Å². The number of rotatable bonds is 6. The third-order valence-corrected chi connectivity index (χ3v) is 6.73. The number of ether oxygens (including phenoxy) is 2. The van der Waals surface area contributed by atoms with Gasteiger partial charge in [-0.1, -0.05) is 6.92 Å². The molecule has 0 aliphatic carbocycles. The number of epoxide rings is 1. The van der Waals surface area contributed by atoms with Crippen molar-refractivity contribution in [2.45, 2.75) is 59.5 Å². The van der Waals surface area contributed by atoms with E-state index < -0.39 is 17.1 Å². The van der Waals surface area contributed by atoms with Crippen molar-refractivity contribution in [3.8, 4) is 0 Å². The lowest BCUT2D eigenvalue weighted by Gasteiger charge is -2.23. The number of hydrogen-bond acceptors (Lipinski definition) is 6. The lowest BCUT2D eigenvalue weighted by molar-refractivity contribution is -0.154. The predicted octanol–water partition coefficient (Wildman–Crippen LogP) is 1.76. The minimum atomic E-state index is -2.48. The highest BCUT2D eigenvalue weighted by atomic mass is 28.5. The molecule has 1 rings (SSSR count). The summed E-state index contributed by atoms with van der Waals surface area (Å²) in [6, 6.07) is 0. The Morgan fingerprint density at radius 3 is 1.90 bits per heavy atom. The minimum absolute atomic E-state index is 0.125. The Bertz CT molecular complexity index is 317. The molecule has 1 aliphatic heterocycles. The molecule has 0 radical (unpaired) electrons. The lowest BCUT2D eigenvalue weighted by Crippen LogP contribution is -2.44. The summed E-state index contributed by atoms with van der Waals surface area (Å²) in [4.78, 5) is 29.6. The zero-order chi connectivity index (χ0) is 16.9. The molecule has 21 heavy (non-hydrogen) atoms. The van der Waals surface area contributed by atoms with E-state index in [0.717, 1.165) is 13.0 Å². The summed E-state index contributed by atoms with van der Waals surface area (Å²) in [5, 5.41) is 0. The van der Waals surface area contributed by atoms with E-state index in [2.05, 4.69) is 0 Å². The second kappa shape index (κ2) is 7.84. The third kappa shape index (κ3) is 12.0. The molecule has 0 amide bonds. The first-order valence-corrected chi connectivity index (χ1v) is 12.9. The molecule has 1 aliphatic rings. The van der Waals surface area contributed by atoms with Crippen LogP contribution in [-0.2, 0) is 18.4 Å². The van der Waals surface area contributed by atoms with E-state index in [4.69, 9.17) is 23.2 Å². The molecule has 126 valence electrons. The standard InChI is InChI=1S/C9H16O3.C4H14O3Si2/c1-4-9(2,3)8(10)12-6-7-5-11-7;1-8(2,5)7-9(3,4)6/h7H,4-6H2,1-3H3;5-6H,1-4H3. The summed E-state index contributed by atoms with van der Waals surface area (Å²) in [7, 11) is -4.96. The fourth-order valence-electron chi connectivity index (χ4n) is 1.28. The molecule has 8 heteroatoms. The molecule has 0 aromatic heterocycles. The van der Waals surface area contributed by atoms with Crippen LogP contribution in [0.25, 0.3) is 0 Å². The lowest BCUT2D eigenvalue weighted by atomic mass is 9.91. The predicted molar refractivity (Wildman–Crippen MR) is 85.3 cm³/mol. The van der Waals surface area contributed by atoms with Crippen LogP contribution in [0.4, 0.5) is 0 Å². The van der Waals surface area contributed by atoms with Crippen LogP contribution in [0.5, 0.6) is 0 Å². The topological polar surface area (TPSA) is 88.5 Å². The molecule has 1 unspecified atom stereocenters. The molecular weight excluding hydrogens is 308 g/mol. The van der Waals surface area contributed by atoms with Crippen molar-refractivity contribution in [3.63, 3.8) is 0 Å². The Morgan fingerprint density at radius 2 is 1.67 bits per heavy atom. The molecule has 0 aromatic carbocycles. The van der Waals surface area contributed by atoms with E-state index in [-0.39, 0.29) is 17.5 Å². The van der Waals surface area contributed by atoms with Gasteiger partial charge in [-0.3, -0.25) is 4.79 Å². The quantitative estimate of drug-likeness (QED) is 0.436. The average molecular weight is 339 g/mol. The first-order valence-electron chi connectivity index (χ1n) is 7.20. The van der Waals surface area contributed by atoms with Crippen LogP contribution in [0.3, 0.4) is 0 Å². The second-order valence-electron chi connectivity index (χ2n) is 6.79. The third-order valence-electron chi connectivity index (χ3n) is 2.74. The van der Waals surface area contributed by atoms with E-state index in [1.807, 2.05) is 20.8 Å². The smallest absolute Gasteiger partial charge is 0.320 e. The van der Waals surface area contributed by atoms with Crippen molar-refractivity contribution in [1.29, 1.82) is 0 Å². The Hall–Kier alpha value is -0.256. The highest BCUT2D eigenvalue weighted by molar-refractivity contribution is 6.77. The first-order chi connectivity index (χ1) is 9.27. The molecule has 0 spiro atoms. The fraction of sp³-hybridized carbons (Fsp3) is 0.923. The van der Waals surface area contributed by atoms with E-state index >= 15 is 0 Å². The Balaban J connectivity index is 0.000000400. The maximum atomic E-state index is 11.4. The average Bonchev–Trinajstić information content (AvgIpc) is 3.05. The van der Waals surface area contributed by atoms with Gasteiger partial charge in [0.05, 0.1) is 12.0 Å². The van der Waals surface area contributed by atoms with Crippen molar-refractivity contribution in [1.82, 2.24) is 0 Å². The van der Waals surface area contributed by atoms with Crippen molar-refractivity contribution < 1.29 is 28.0 Å². The van der Waals surface area contributed by atoms with Crippen LogP contribution in [-0.4, -0.2) is 52.0 Å². The zero-order valence-electron chi connectivity index (χ0n) is 14.2. The molecule has 1 atom stereocenters. The van der Waals surface area contributed by atoms with Gasteiger partial charge in [0, 0.05) is 0 Å².